The highest BCUT2D eigenvalue weighted by Crippen LogP contribution is 2.22. The zero-order valence-electron chi connectivity index (χ0n) is 10.3. The highest BCUT2D eigenvalue weighted by Gasteiger charge is 2.11. The molecule has 0 saturated carbocycles. The summed E-state index contributed by atoms with van der Waals surface area (Å²) in [6, 6.07) is 7.45. The number of hydrogen-bond acceptors (Lipinski definition) is 3. The van der Waals surface area contributed by atoms with Crippen molar-refractivity contribution in [2.45, 2.75) is 6.61 Å². The van der Waals surface area contributed by atoms with Gasteiger partial charge in [-0.1, -0.05) is 6.07 Å². The number of nitrogens with two attached hydrogens (primary N) is 1. The van der Waals surface area contributed by atoms with Crippen LogP contribution in [0.3, 0.4) is 0 Å². The number of hydrogen-bond donors (Lipinski definition) is 2. The summed E-state index contributed by atoms with van der Waals surface area (Å²) < 4.78 is 32.0. The first kappa shape index (κ1) is 13.8. The van der Waals surface area contributed by atoms with Crippen LogP contribution in [0.25, 0.3) is 0 Å². The molecule has 0 amide bonds. The van der Waals surface area contributed by atoms with Gasteiger partial charge in [-0.15, -0.1) is 0 Å². The van der Waals surface area contributed by atoms with Gasteiger partial charge >= 0.3 is 5.97 Å². The summed E-state index contributed by atoms with van der Waals surface area (Å²) in [6.45, 7) is -0.315. The quantitative estimate of drug-likeness (QED) is 0.844. The predicted molar refractivity (Wildman–Crippen MR) is 68.5 cm³/mol. The normalized spacial score (nSPS) is 10.3. The molecule has 3 N–H and O–H groups in total. The standard InChI is InChI=1S/C14H11F2NO3/c15-11-2-1-3-12(16)10(11)7-20-8-4-5-9(14(18)19)13(17)6-8/h1-6H,7,17H2,(H,18,19). The fraction of sp³-hybridized carbons (Fsp3) is 0.0714. The van der Waals surface area contributed by atoms with Gasteiger partial charge in [0.05, 0.1) is 11.1 Å². The molecule has 0 aliphatic heterocycles. The second-order valence-electron chi connectivity index (χ2n) is 4.04. The number of carboxylic acid groups (broad SMARTS) is 1. The number of nitrogen functional groups attached to an aromatic ring is 1. The summed E-state index contributed by atoms with van der Waals surface area (Å²) in [4.78, 5) is 10.8. The largest absolute Gasteiger partial charge is 0.489 e. The summed E-state index contributed by atoms with van der Waals surface area (Å²) in [5, 5.41) is 8.82. The van der Waals surface area contributed by atoms with Gasteiger partial charge in [0.2, 0.25) is 0 Å². The van der Waals surface area contributed by atoms with Crippen LogP contribution in [0, 0.1) is 11.6 Å². The van der Waals surface area contributed by atoms with E-state index in [1.165, 1.54) is 24.3 Å². The van der Waals surface area contributed by atoms with E-state index in [1.54, 1.807) is 0 Å². The molecule has 0 atom stereocenters. The van der Waals surface area contributed by atoms with Gasteiger partial charge in [-0.05, 0) is 24.3 Å². The van der Waals surface area contributed by atoms with Crippen molar-refractivity contribution in [3.05, 3.63) is 59.2 Å². The first-order chi connectivity index (χ1) is 9.49. The van der Waals surface area contributed by atoms with E-state index in [9.17, 15) is 13.6 Å². The number of anilines is 1. The Balaban J connectivity index is 2.16. The molecule has 20 heavy (non-hydrogen) atoms. The Hall–Kier alpha value is -2.63. The third-order valence-corrected chi connectivity index (χ3v) is 2.70. The maximum absolute atomic E-state index is 13.4. The topological polar surface area (TPSA) is 72.5 Å². The number of ether oxygens (including phenoxy) is 1. The minimum atomic E-state index is -1.16. The SMILES string of the molecule is Nc1cc(OCc2c(F)cccc2F)ccc1C(=O)O. The number of carbonyl (C=O) groups is 1. The van der Waals surface area contributed by atoms with Crippen LogP contribution >= 0.6 is 0 Å². The Bertz CT molecular complexity index is 639. The van der Waals surface area contributed by atoms with Crippen LogP contribution < -0.4 is 10.5 Å². The minimum absolute atomic E-state index is 0.0176. The second kappa shape index (κ2) is 5.56. The smallest absolute Gasteiger partial charge is 0.337 e. The van der Waals surface area contributed by atoms with Gasteiger partial charge < -0.3 is 15.6 Å². The average molecular weight is 279 g/mol. The van der Waals surface area contributed by atoms with E-state index in [0.29, 0.717) is 0 Å². The molecule has 0 aliphatic rings. The molecule has 104 valence electrons. The van der Waals surface area contributed by atoms with Crippen LogP contribution in [0.2, 0.25) is 0 Å². The summed E-state index contributed by atoms with van der Waals surface area (Å²) in [7, 11) is 0. The molecule has 0 spiro atoms. The Morgan fingerprint density at radius 1 is 1.20 bits per heavy atom. The van der Waals surface area contributed by atoms with Crippen LogP contribution in [0.1, 0.15) is 15.9 Å². The van der Waals surface area contributed by atoms with Gasteiger partial charge in [-0.25, -0.2) is 13.6 Å². The van der Waals surface area contributed by atoms with E-state index in [-0.39, 0.29) is 29.2 Å². The molecule has 0 unspecified atom stereocenters. The number of benzene rings is 2. The zero-order chi connectivity index (χ0) is 14.7. The van der Waals surface area contributed by atoms with Crippen molar-refractivity contribution in [2.24, 2.45) is 0 Å². The van der Waals surface area contributed by atoms with Crippen molar-refractivity contribution < 1.29 is 23.4 Å². The van der Waals surface area contributed by atoms with E-state index in [2.05, 4.69) is 0 Å². The lowest BCUT2D eigenvalue weighted by atomic mass is 10.1. The lowest BCUT2D eigenvalue weighted by molar-refractivity contribution is 0.0698. The van der Waals surface area contributed by atoms with E-state index >= 15 is 0 Å². The maximum atomic E-state index is 13.4. The maximum Gasteiger partial charge on any atom is 0.337 e. The highest BCUT2D eigenvalue weighted by atomic mass is 19.1. The molecular weight excluding hydrogens is 268 g/mol. The number of halogens is 2. The van der Waals surface area contributed by atoms with Gasteiger partial charge in [0.25, 0.3) is 0 Å². The predicted octanol–water partition coefficient (Wildman–Crippen LogP) is 2.82. The first-order valence-electron chi connectivity index (χ1n) is 5.67. The van der Waals surface area contributed by atoms with E-state index in [4.69, 9.17) is 15.6 Å². The Labute approximate surface area is 113 Å². The fourth-order valence-corrected chi connectivity index (χ4v) is 1.65. The third kappa shape index (κ3) is 2.85. The molecule has 2 aromatic carbocycles. The van der Waals surface area contributed by atoms with Gasteiger partial charge in [-0.3, -0.25) is 0 Å². The molecule has 2 aromatic rings. The van der Waals surface area contributed by atoms with Gasteiger partial charge in [-0.2, -0.15) is 0 Å². The lowest BCUT2D eigenvalue weighted by Gasteiger charge is -2.09. The summed E-state index contributed by atoms with van der Waals surface area (Å²) in [5.74, 6) is -2.34. The molecule has 0 saturated heterocycles. The van der Waals surface area contributed by atoms with Gasteiger partial charge in [0, 0.05) is 11.8 Å². The van der Waals surface area contributed by atoms with Crippen molar-refractivity contribution in [2.75, 3.05) is 5.73 Å². The molecule has 0 aliphatic carbocycles. The summed E-state index contributed by atoms with van der Waals surface area (Å²) in [5.41, 5.74) is 5.30. The van der Waals surface area contributed by atoms with Crippen LogP contribution in [0.15, 0.2) is 36.4 Å². The van der Waals surface area contributed by atoms with Crippen molar-refractivity contribution in [3.8, 4) is 5.75 Å². The Morgan fingerprint density at radius 2 is 1.85 bits per heavy atom. The fourth-order valence-electron chi connectivity index (χ4n) is 1.65. The van der Waals surface area contributed by atoms with Crippen LogP contribution in [-0.2, 0) is 6.61 Å². The monoisotopic (exact) mass is 279 g/mol. The van der Waals surface area contributed by atoms with Crippen molar-refractivity contribution in [1.29, 1.82) is 0 Å². The zero-order valence-corrected chi connectivity index (χ0v) is 10.3. The lowest BCUT2D eigenvalue weighted by Crippen LogP contribution is -2.04. The summed E-state index contributed by atoms with van der Waals surface area (Å²) >= 11 is 0. The molecule has 4 nitrogen and oxygen atoms in total. The molecular formula is C14H11F2NO3. The van der Waals surface area contributed by atoms with Crippen molar-refractivity contribution in [3.63, 3.8) is 0 Å². The minimum Gasteiger partial charge on any atom is -0.489 e. The van der Waals surface area contributed by atoms with E-state index < -0.39 is 17.6 Å². The molecule has 0 aromatic heterocycles. The highest BCUT2D eigenvalue weighted by molar-refractivity contribution is 5.93. The number of aromatic carboxylic acids is 1. The van der Waals surface area contributed by atoms with Crippen LogP contribution in [-0.4, -0.2) is 11.1 Å². The van der Waals surface area contributed by atoms with Crippen molar-refractivity contribution >= 4 is 11.7 Å². The molecule has 0 bridgehead atoms. The number of rotatable bonds is 4. The second-order valence-corrected chi connectivity index (χ2v) is 4.04. The third-order valence-electron chi connectivity index (χ3n) is 2.70. The van der Waals surface area contributed by atoms with E-state index in [1.807, 2.05) is 0 Å². The molecule has 6 heteroatoms. The van der Waals surface area contributed by atoms with Crippen LogP contribution in [0.4, 0.5) is 14.5 Å². The summed E-state index contributed by atoms with van der Waals surface area (Å²) in [6.07, 6.45) is 0. The van der Waals surface area contributed by atoms with Crippen LogP contribution in [0.5, 0.6) is 5.75 Å². The first-order valence-corrected chi connectivity index (χ1v) is 5.67. The molecule has 0 fully saturated rings. The average Bonchev–Trinajstić information content (AvgIpc) is 2.37. The molecule has 0 radical (unpaired) electrons. The van der Waals surface area contributed by atoms with Gasteiger partial charge in [0.15, 0.2) is 0 Å². The Kier molecular flexibility index (Phi) is 3.84. The molecule has 0 heterocycles. The molecule has 2 rings (SSSR count). The Morgan fingerprint density at radius 3 is 2.40 bits per heavy atom. The van der Waals surface area contributed by atoms with Gasteiger partial charge in [0.1, 0.15) is 24.0 Å². The number of carboxylic acids is 1. The van der Waals surface area contributed by atoms with Crippen molar-refractivity contribution in [1.82, 2.24) is 0 Å². The van der Waals surface area contributed by atoms with E-state index in [0.717, 1.165) is 12.1 Å².